The van der Waals surface area contributed by atoms with E-state index in [4.69, 9.17) is 4.74 Å². The maximum Gasteiger partial charge on any atom is 0.331 e. The van der Waals surface area contributed by atoms with E-state index < -0.39 is 18.3 Å². The molecule has 0 spiro atoms. The van der Waals surface area contributed by atoms with Crippen molar-refractivity contribution in [2.24, 2.45) is 0 Å². The molecule has 0 aromatic carbocycles. The number of aliphatic hydroxyl groups excluding tert-OH is 3. The van der Waals surface area contributed by atoms with Crippen molar-refractivity contribution in [1.29, 1.82) is 0 Å². The standard InChI is InChI=1S/C25H38O5/c1-18(9-8-10-19(2)16-23(27)24(28)17-21(4)26)15-20(3)13-14-25(29)30-22-11-6-5-7-12-22/h8-10,13-16,21-24,26-28H,5-7,11-12,17H2,1-4H3/b10-8+,14-13+,18-9?,19-16+,20-15?/t21-,23-,24-/m0/s1. The maximum atomic E-state index is 11.9. The van der Waals surface area contributed by atoms with E-state index in [-0.39, 0.29) is 18.5 Å². The van der Waals surface area contributed by atoms with E-state index in [0.717, 1.165) is 42.4 Å². The molecule has 0 unspecified atom stereocenters. The molecule has 0 aliphatic heterocycles. The maximum absolute atomic E-state index is 11.9. The molecular formula is C25H38O5. The van der Waals surface area contributed by atoms with E-state index in [1.54, 1.807) is 19.1 Å². The van der Waals surface area contributed by atoms with Gasteiger partial charge in [-0.3, -0.25) is 0 Å². The highest BCUT2D eigenvalue weighted by molar-refractivity contribution is 5.82. The molecule has 5 nitrogen and oxygen atoms in total. The predicted molar refractivity (Wildman–Crippen MR) is 121 cm³/mol. The van der Waals surface area contributed by atoms with Gasteiger partial charge in [-0.05, 0) is 53.4 Å². The highest BCUT2D eigenvalue weighted by Crippen LogP contribution is 2.20. The van der Waals surface area contributed by atoms with Crippen LogP contribution in [0, 0.1) is 0 Å². The van der Waals surface area contributed by atoms with Crippen LogP contribution < -0.4 is 0 Å². The molecule has 0 aromatic heterocycles. The van der Waals surface area contributed by atoms with Gasteiger partial charge in [0.1, 0.15) is 6.10 Å². The summed E-state index contributed by atoms with van der Waals surface area (Å²) in [6.45, 7) is 7.29. The lowest BCUT2D eigenvalue weighted by Gasteiger charge is -2.20. The molecule has 168 valence electrons. The summed E-state index contributed by atoms with van der Waals surface area (Å²) in [5.41, 5.74) is 2.76. The van der Waals surface area contributed by atoms with Crippen LogP contribution in [0.4, 0.5) is 0 Å². The Hall–Kier alpha value is -1.95. The molecule has 1 saturated carbocycles. The van der Waals surface area contributed by atoms with Crippen molar-refractivity contribution < 1.29 is 24.9 Å². The Kier molecular flexibility index (Phi) is 12.3. The van der Waals surface area contributed by atoms with Gasteiger partial charge in [0.25, 0.3) is 0 Å². The monoisotopic (exact) mass is 418 g/mol. The molecule has 3 atom stereocenters. The lowest BCUT2D eigenvalue weighted by molar-refractivity contribution is -0.144. The molecule has 0 bridgehead atoms. The minimum absolute atomic E-state index is 0.0647. The van der Waals surface area contributed by atoms with Gasteiger partial charge in [0, 0.05) is 12.5 Å². The first kappa shape index (κ1) is 26.1. The summed E-state index contributed by atoms with van der Waals surface area (Å²) in [4.78, 5) is 11.9. The van der Waals surface area contributed by atoms with Gasteiger partial charge >= 0.3 is 5.97 Å². The Labute approximate surface area is 181 Å². The first-order chi connectivity index (χ1) is 14.2. The number of esters is 1. The van der Waals surface area contributed by atoms with Gasteiger partial charge in [0.15, 0.2) is 0 Å². The van der Waals surface area contributed by atoms with Gasteiger partial charge in [-0.25, -0.2) is 4.79 Å². The Morgan fingerprint density at radius 2 is 1.63 bits per heavy atom. The molecule has 1 fully saturated rings. The van der Waals surface area contributed by atoms with Gasteiger partial charge < -0.3 is 20.1 Å². The Morgan fingerprint density at radius 1 is 0.967 bits per heavy atom. The zero-order chi connectivity index (χ0) is 22.5. The van der Waals surface area contributed by atoms with Crippen LogP contribution >= 0.6 is 0 Å². The zero-order valence-electron chi connectivity index (χ0n) is 18.8. The highest BCUT2D eigenvalue weighted by atomic mass is 16.5. The van der Waals surface area contributed by atoms with Gasteiger partial charge in [-0.15, -0.1) is 0 Å². The third-order valence-corrected chi connectivity index (χ3v) is 4.90. The van der Waals surface area contributed by atoms with Crippen molar-refractivity contribution in [2.45, 2.75) is 90.6 Å². The van der Waals surface area contributed by atoms with Crippen molar-refractivity contribution in [3.8, 4) is 0 Å². The molecule has 3 N–H and O–H groups in total. The fraction of sp³-hybridized carbons (Fsp3) is 0.560. The largest absolute Gasteiger partial charge is 0.459 e. The number of carbonyl (C=O) groups excluding carboxylic acids is 1. The minimum Gasteiger partial charge on any atom is -0.459 e. The van der Waals surface area contributed by atoms with Crippen LogP contribution in [0.1, 0.15) is 66.2 Å². The number of rotatable bonds is 10. The second kappa shape index (κ2) is 14.1. The SMILES string of the molecule is CC(=C/C=C/C(C)=C/[C@H](O)[C@@H](O)C[C@H](C)O)C=C(C)/C=C/C(=O)OC1CCCCC1. The van der Waals surface area contributed by atoms with Crippen LogP contribution in [-0.2, 0) is 9.53 Å². The van der Waals surface area contributed by atoms with Gasteiger partial charge in [0.05, 0.1) is 18.3 Å². The van der Waals surface area contributed by atoms with E-state index in [9.17, 15) is 20.1 Å². The van der Waals surface area contributed by atoms with E-state index >= 15 is 0 Å². The number of carbonyl (C=O) groups is 1. The third kappa shape index (κ3) is 11.9. The van der Waals surface area contributed by atoms with Crippen LogP contribution in [0.2, 0.25) is 0 Å². The minimum atomic E-state index is -1.02. The molecule has 0 radical (unpaired) electrons. The molecule has 5 heteroatoms. The number of ether oxygens (including phenoxy) is 1. The molecule has 0 heterocycles. The lowest BCUT2D eigenvalue weighted by Crippen LogP contribution is -2.27. The Balaban J connectivity index is 2.53. The molecule has 0 aromatic rings. The zero-order valence-corrected chi connectivity index (χ0v) is 18.8. The topological polar surface area (TPSA) is 87.0 Å². The molecule has 0 amide bonds. The number of aliphatic hydroxyl groups is 3. The normalized spacial score (nSPS) is 20.6. The van der Waals surface area contributed by atoms with Crippen LogP contribution in [0.25, 0.3) is 0 Å². The van der Waals surface area contributed by atoms with Crippen molar-refractivity contribution >= 4 is 5.97 Å². The molecule has 1 aliphatic rings. The smallest absolute Gasteiger partial charge is 0.331 e. The lowest BCUT2D eigenvalue weighted by atomic mass is 9.98. The number of hydrogen-bond donors (Lipinski definition) is 3. The van der Waals surface area contributed by atoms with Crippen molar-refractivity contribution in [3.05, 3.63) is 59.3 Å². The van der Waals surface area contributed by atoms with Crippen LogP contribution in [0.5, 0.6) is 0 Å². The second-order valence-corrected chi connectivity index (χ2v) is 8.24. The quantitative estimate of drug-likeness (QED) is 0.280. The van der Waals surface area contributed by atoms with Crippen molar-refractivity contribution in [1.82, 2.24) is 0 Å². The third-order valence-electron chi connectivity index (χ3n) is 4.90. The number of allylic oxidation sites excluding steroid dienone is 8. The summed E-state index contributed by atoms with van der Waals surface area (Å²) in [6, 6.07) is 0. The Morgan fingerprint density at radius 3 is 2.27 bits per heavy atom. The summed E-state index contributed by atoms with van der Waals surface area (Å²) < 4.78 is 5.47. The first-order valence-electron chi connectivity index (χ1n) is 10.8. The molecular weight excluding hydrogens is 380 g/mol. The summed E-state index contributed by atoms with van der Waals surface area (Å²) >= 11 is 0. The van der Waals surface area contributed by atoms with E-state index in [2.05, 4.69) is 0 Å². The van der Waals surface area contributed by atoms with Crippen LogP contribution in [-0.4, -0.2) is 45.7 Å². The number of hydrogen-bond acceptors (Lipinski definition) is 5. The highest BCUT2D eigenvalue weighted by Gasteiger charge is 2.16. The summed E-state index contributed by atoms with van der Waals surface area (Å²) in [5, 5.41) is 29.0. The average Bonchev–Trinajstić information content (AvgIpc) is 2.66. The summed E-state index contributed by atoms with van der Waals surface area (Å²) in [5.74, 6) is -0.284. The second-order valence-electron chi connectivity index (χ2n) is 8.24. The summed E-state index contributed by atoms with van der Waals surface area (Å²) in [6.07, 6.45) is 15.3. The fourth-order valence-corrected chi connectivity index (χ4v) is 3.32. The molecule has 30 heavy (non-hydrogen) atoms. The predicted octanol–water partition coefficient (Wildman–Crippen LogP) is 4.31. The average molecular weight is 419 g/mol. The summed E-state index contributed by atoms with van der Waals surface area (Å²) in [7, 11) is 0. The van der Waals surface area contributed by atoms with E-state index in [1.807, 2.05) is 45.1 Å². The Bertz CT molecular complexity index is 676. The van der Waals surface area contributed by atoms with Gasteiger partial charge in [-0.2, -0.15) is 0 Å². The van der Waals surface area contributed by atoms with Gasteiger partial charge in [-0.1, -0.05) is 59.6 Å². The van der Waals surface area contributed by atoms with Crippen LogP contribution in [0.3, 0.4) is 0 Å². The van der Waals surface area contributed by atoms with Crippen molar-refractivity contribution in [3.63, 3.8) is 0 Å². The molecule has 1 aliphatic carbocycles. The molecule has 1 rings (SSSR count). The first-order valence-corrected chi connectivity index (χ1v) is 10.8. The van der Waals surface area contributed by atoms with Gasteiger partial charge in [0.2, 0.25) is 0 Å². The van der Waals surface area contributed by atoms with Crippen molar-refractivity contribution in [2.75, 3.05) is 0 Å². The van der Waals surface area contributed by atoms with E-state index in [0.29, 0.717) is 0 Å². The van der Waals surface area contributed by atoms with E-state index in [1.165, 1.54) is 12.5 Å². The molecule has 0 saturated heterocycles. The fourth-order valence-electron chi connectivity index (χ4n) is 3.32. The van der Waals surface area contributed by atoms with Crippen LogP contribution in [0.15, 0.2) is 59.3 Å².